The molecule has 5 heteroatoms. The van der Waals surface area contributed by atoms with Gasteiger partial charge in [0.25, 0.3) is 5.91 Å². The van der Waals surface area contributed by atoms with Crippen LogP contribution >= 0.6 is 0 Å². The molecule has 3 rings (SSSR count). The van der Waals surface area contributed by atoms with E-state index in [9.17, 15) is 9.59 Å². The van der Waals surface area contributed by atoms with Crippen molar-refractivity contribution in [2.75, 3.05) is 23.9 Å². The first kappa shape index (κ1) is 16.1. The summed E-state index contributed by atoms with van der Waals surface area (Å²) in [5, 5.41) is 2.71. The Bertz CT molecular complexity index is 786. The molecule has 0 atom stereocenters. The number of carbonyl (C=O) groups excluding carboxylic acids is 2. The van der Waals surface area contributed by atoms with Crippen molar-refractivity contribution in [1.29, 1.82) is 0 Å². The van der Waals surface area contributed by atoms with Crippen LogP contribution in [0.15, 0.2) is 42.5 Å². The van der Waals surface area contributed by atoms with E-state index in [1.807, 2.05) is 18.2 Å². The van der Waals surface area contributed by atoms with Gasteiger partial charge in [0.1, 0.15) is 5.75 Å². The molecule has 1 heterocycles. The number of benzene rings is 2. The topological polar surface area (TPSA) is 58.6 Å². The van der Waals surface area contributed by atoms with Crippen molar-refractivity contribution in [1.82, 2.24) is 0 Å². The Hall–Kier alpha value is -2.82. The first-order valence-electron chi connectivity index (χ1n) is 7.95. The molecule has 124 valence electrons. The van der Waals surface area contributed by atoms with Crippen molar-refractivity contribution in [2.24, 2.45) is 0 Å². The first-order chi connectivity index (χ1) is 11.6. The van der Waals surface area contributed by atoms with Gasteiger partial charge in [-0.2, -0.15) is 0 Å². The summed E-state index contributed by atoms with van der Waals surface area (Å²) in [5.41, 5.74) is 3.22. The number of ether oxygens (including phenoxy) is 1. The molecular formula is C19H20N2O3. The van der Waals surface area contributed by atoms with Crippen LogP contribution in [-0.2, 0) is 11.2 Å². The van der Waals surface area contributed by atoms with Crippen molar-refractivity contribution in [3.63, 3.8) is 0 Å². The summed E-state index contributed by atoms with van der Waals surface area (Å²) in [6.07, 6.45) is 1.88. The van der Waals surface area contributed by atoms with Gasteiger partial charge in [0.2, 0.25) is 5.91 Å². The maximum absolute atomic E-state index is 13.0. The summed E-state index contributed by atoms with van der Waals surface area (Å²) in [6, 6.07) is 12.9. The fraction of sp³-hybridized carbons (Fsp3) is 0.263. The number of methoxy groups -OCH3 is 1. The Labute approximate surface area is 141 Å². The molecule has 5 nitrogen and oxygen atoms in total. The van der Waals surface area contributed by atoms with Crippen LogP contribution in [0.2, 0.25) is 0 Å². The van der Waals surface area contributed by atoms with Gasteiger partial charge < -0.3 is 15.0 Å². The molecule has 2 aromatic rings. The lowest BCUT2D eigenvalue weighted by Gasteiger charge is -2.30. The summed E-state index contributed by atoms with van der Waals surface area (Å²) in [5.74, 6) is 0.504. The van der Waals surface area contributed by atoms with E-state index >= 15 is 0 Å². The van der Waals surface area contributed by atoms with Gasteiger partial charge in [-0.3, -0.25) is 9.59 Å². The standard InChI is InChI=1S/C19H20N2O3/c1-13(22)20-16-7-3-5-15(11-16)19(23)21-10-4-6-14-8-9-17(24-2)12-18(14)21/h3,5,7-9,11-12H,4,6,10H2,1-2H3,(H,20,22). The van der Waals surface area contributed by atoms with E-state index in [0.29, 0.717) is 17.8 Å². The molecule has 0 spiro atoms. The third-order valence-corrected chi connectivity index (χ3v) is 4.09. The molecule has 0 aromatic heterocycles. The van der Waals surface area contributed by atoms with E-state index in [-0.39, 0.29) is 11.8 Å². The van der Waals surface area contributed by atoms with Crippen molar-refractivity contribution >= 4 is 23.2 Å². The SMILES string of the molecule is COc1ccc2c(c1)N(C(=O)c1cccc(NC(C)=O)c1)CCC2. The number of amides is 2. The second-order valence-corrected chi connectivity index (χ2v) is 5.82. The van der Waals surface area contributed by atoms with Crippen LogP contribution in [0, 0.1) is 0 Å². The predicted molar refractivity (Wildman–Crippen MR) is 93.7 cm³/mol. The molecule has 24 heavy (non-hydrogen) atoms. The Kier molecular flexibility index (Phi) is 4.51. The fourth-order valence-corrected chi connectivity index (χ4v) is 2.98. The molecule has 0 saturated carbocycles. The summed E-state index contributed by atoms with van der Waals surface area (Å²) in [7, 11) is 1.62. The Morgan fingerprint density at radius 2 is 2.00 bits per heavy atom. The number of nitrogens with zero attached hydrogens (tertiary/aromatic N) is 1. The summed E-state index contributed by atoms with van der Waals surface area (Å²) in [4.78, 5) is 26.0. The molecule has 0 saturated heterocycles. The highest BCUT2D eigenvalue weighted by Gasteiger charge is 2.24. The van der Waals surface area contributed by atoms with Crippen molar-refractivity contribution in [3.8, 4) is 5.75 Å². The van der Waals surface area contributed by atoms with Crippen LogP contribution in [0.4, 0.5) is 11.4 Å². The molecule has 1 aliphatic heterocycles. The van der Waals surface area contributed by atoms with Crippen LogP contribution in [0.25, 0.3) is 0 Å². The Morgan fingerprint density at radius 3 is 2.75 bits per heavy atom. The number of aryl methyl sites for hydroxylation is 1. The van der Waals surface area contributed by atoms with E-state index in [2.05, 4.69) is 5.32 Å². The monoisotopic (exact) mass is 324 g/mol. The second kappa shape index (κ2) is 6.74. The summed E-state index contributed by atoms with van der Waals surface area (Å²) >= 11 is 0. The first-order valence-corrected chi connectivity index (χ1v) is 7.95. The molecule has 0 fully saturated rings. The van der Waals surface area contributed by atoms with Gasteiger partial charge in [0.15, 0.2) is 0 Å². The molecule has 1 N–H and O–H groups in total. The van der Waals surface area contributed by atoms with E-state index in [1.54, 1.807) is 36.3 Å². The minimum atomic E-state index is -0.160. The third-order valence-electron chi connectivity index (χ3n) is 4.09. The van der Waals surface area contributed by atoms with Crippen molar-refractivity contribution in [3.05, 3.63) is 53.6 Å². The zero-order chi connectivity index (χ0) is 17.1. The van der Waals surface area contributed by atoms with Gasteiger partial charge in [-0.15, -0.1) is 0 Å². The minimum absolute atomic E-state index is 0.0728. The average molecular weight is 324 g/mol. The van der Waals surface area contributed by atoms with Gasteiger partial charge in [-0.1, -0.05) is 12.1 Å². The van der Waals surface area contributed by atoms with Crippen LogP contribution in [0.5, 0.6) is 5.75 Å². The summed E-state index contributed by atoms with van der Waals surface area (Å²) in [6.45, 7) is 2.12. The zero-order valence-electron chi connectivity index (χ0n) is 13.8. The van der Waals surface area contributed by atoms with Gasteiger partial charge in [-0.05, 0) is 42.7 Å². The maximum atomic E-state index is 13.0. The number of anilines is 2. The highest BCUT2D eigenvalue weighted by atomic mass is 16.5. The van der Waals surface area contributed by atoms with E-state index < -0.39 is 0 Å². The lowest BCUT2D eigenvalue weighted by molar-refractivity contribution is -0.114. The molecule has 0 aliphatic carbocycles. The van der Waals surface area contributed by atoms with Gasteiger partial charge in [0, 0.05) is 30.8 Å². The Morgan fingerprint density at radius 1 is 1.17 bits per heavy atom. The highest BCUT2D eigenvalue weighted by Crippen LogP contribution is 2.32. The largest absolute Gasteiger partial charge is 0.497 e. The number of rotatable bonds is 3. The van der Waals surface area contributed by atoms with Gasteiger partial charge in [-0.25, -0.2) is 0 Å². The quantitative estimate of drug-likeness (QED) is 0.943. The van der Waals surface area contributed by atoms with E-state index in [0.717, 1.165) is 29.8 Å². The molecular weight excluding hydrogens is 304 g/mol. The predicted octanol–water partition coefficient (Wildman–Crippen LogP) is 3.25. The van der Waals surface area contributed by atoms with Crippen LogP contribution in [-0.4, -0.2) is 25.5 Å². The average Bonchev–Trinajstić information content (AvgIpc) is 2.59. The molecule has 2 aromatic carbocycles. The number of fused-ring (bicyclic) bond motifs is 1. The third kappa shape index (κ3) is 3.25. The summed E-state index contributed by atoms with van der Waals surface area (Å²) < 4.78 is 5.29. The smallest absolute Gasteiger partial charge is 0.258 e. The number of hydrogen-bond acceptors (Lipinski definition) is 3. The van der Waals surface area contributed by atoms with Gasteiger partial charge >= 0.3 is 0 Å². The minimum Gasteiger partial charge on any atom is -0.497 e. The molecule has 0 bridgehead atoms. The normalized spacial score (nSPS) is 13.2. The zero-order valence-corrected chi connectivity index (χ0v) is 13.8. The highest BCUT2D eigenvalue weighted by molar-refractivity contribution is 6.07. The molecule has 2 amide bonds. The van der Waals surface area contributed by atoms with Crippen molar-refractivity contribution < 1.29 is 14.3 Å². The van der Waals surface area contributed by atoms with Crippen LogP contribution < -0.4 is 15.0 Å². The Balaban J connectivity index is 1.93. The number of carbonyl (C=O) groups is 2. The number of hydrogen-bond donors (Lipinski definition) is 1. The van der Waals surface area contributed by atoms with Crippen LogP contribution in [0.3, 0.4) is 0 Å². The molecule has 0 radical (unpaired) electrons. The fourth-order valence-electron chi connectivity index (χ4n) is 2.98. The second-order valence-electron chi connectivity index (χ2n) is 5.82. The molecule has 0 unspecified atom stereocenters. The van der Waals surface area contributed by atoms with Crippen LogP contribution in [0.1, 0.15) is 29.3 Å². The van der Waals surface area contributed by atoms with Crippen molar-refractivity contribution in [2.45, 2.75) is 19.8 Å². The maximum Gasteiger partial charge on any atom is 0.258 e. The molecule has 1 aliphatic rings. The van der Waals surface area contributed by atoms with Gasteiger partial charge in [0.05, 0.1) is 12.8 Å². The van der Waals surface area contributed by atoms with E-state index in [1.165, 1.54) is 6.92 Å². The lowest BCUT2D eigenvalue weighted by Crippen LogP contribution is -2.35. The lowest BCUT2D eigenvalue weighted by atomic mass is 10.0. The van der Waals surface area contributed by atoms with E-state index in [4.69, 9.17) is 4.74 Å². The number of nitrogens with one attached hydrogen (secondary N) is 1.